The van der Waals surface area contributed by atoms with Crippen molar-refractivity contribution in [3.05, 3.63) is 0 Å². The first-order chi connectivity index (χ1) is 5.03. The molecule has 3 fully saturated rings. The predicted molar refractivity (Wildman–Crippen MR) is 48.3 cm³/mol. The SMILES string of the molecule is C[C@H]1[C@H]2C[C@@H](C[C@@H]1C)C2(C)C. The third-order valence-corrected chi connectivity index (χ3v) is 4.73. The second-order valence-electron chi connectivity index (χ2n) is 5.43. The first-order valence-electron chi connectivity index (χ1n) is 5.03. The van der Waals surface area contributed by atoms with Crippen LogP contribution in [0.3, 0.4) is 0 Å². The minimum atomic E-state index is 0.686. The Morgan fingerprint density at radius 1 is 1.09 bits per heavy atom. The summed E-state index contributed by atoms with van der Waals surface area (Å²) in [4.78, 5) is 0. The van der Waals surface area contributed by atoms with Crippen LogP contribution >= 0.6 is 0 Å². The molecule has 11 heavy (non-hydrogen) atoms. The van der Waals surface area contributed by atoms with Gasteiger partial charge in [0.25, 0.3) is 0 Å². The van der Waals surface area contributed by atoms with Crippen molar-refractivity contribution in [1.29, 1.82) is 0 Å². The van der Waals surface area contributed by atoms with Crippen LogP contribution in [0.1, 0.15) is 40.5 Å². The fraction of sp³-hybridized carbons (Fsp3) is 1.00. The normalized spacial score (nSPS) is 53.5. The zero-order valence-corrected chi connectivity index (χ0v) is 8.22. The highest BCUT2D eigenvalue weighted by Gasteiger charge is 2.54. The van der Waals surface area contributed by atoms with E-state index >= 15 is 0 Å². The molecule has 3 rings (SSSR count). The molecule has 0 heterocycles. The van der Waals surface area contributed by atoms with E-state index in [1.807, 2.05) is 0 Å². The van der Waals surface area contributed by atoms with Gasteiger partial charge in [0.05, 0.1) is 0 Å². The predicted octanol–water partition coefficient (Wildman–Crippen LogP) is 3.32. The molecule has 4 atom stereocenters. The monoisotopic (exact) mass is 152 g/mol. The van der Waals surface area contributed by atoms with E-state index < -0.39 is 0 Å². The molecule has 64 valence electrons. The summed E-state index contributed by atoms with van der Waals surface area (Å²) in [5.74, 6) is 4.07. The van der Waals surface area contributed by atoms with Gasteiger partial charge in [-0.3, -0.25) is 0 Å². The van der Waals surface area contributed by atoms with Crippen molar-refractivity contribution in [2.45, 2.75) is 40.5 Å². The van der Waals surface area contributed by atoms with E-state index in [0.29, 0.717) is 5.41 Å². The topological polar surface area (TPSA) is 0 Å². The molecule has 0 heteroatoms. The van der Waals surface area contributed by atoms with Crippen LogP contribution in [-0.4, -0.2) is 0 Å². The molecule has 0 N–H and O–H groups in total. The molecule has 2 bridgehead atoms. The third kappa shape index (κ3) is 0.816. The fourth-order valence-corrected chi connectivity index (χ4v) is 3.41. The lowest BCUT2D eigenvalue weighted by atomic mass is 9.44. The van der Waals surface area contributed by atoms with Gasteiger partial charge in [0.2, 0.25) is 0 Å². The molecule has 0 nitrogen and oxygen atoms in total. The zero-order valence-electron chi connectivity index (χ0n) is 8.22. The van der Waals surface area contributed by atoms with Crippen LogP contribution in [0.25, 0.3) is 0 Å². The second-order valence-corrected chi connectivity index (χ2v) is 5.43. The molecule has 0 aliphatic heterocycles. The molecule has 0 amide bonds. The minimum absolute atomic E-state index is 0.686. The standard InChI is InChI=1S/C11H20/c1-7-5-9-6-10(8(7)2)11(9,3)4/h7-10H,5-6H2,1-4H3/t7-,8+,9+,10+/m0/s1. The Hall–Kier alpha value is 0. The van der Waals surface area contributed by atoms with E-state index in [1.54, 1.807) is 0 Å². The summed E-state index contributed by atoms with van der Waals surface area (Å²) in [7, 11) is 0. The van der Waals surface area contributed by atoms with Crippen molar-refractivity contribution in [3.63, 3.8) is 0 Å². The highest BCUT2D eigenvalue weighted by Crippen LogP contribution is 2.62. The molecule has 3 saturated carbocycles. The molecule has 0 spiro atoms. The Morgan fingerprint density at radius 3 is 2.09 bits per heavy atom. The van der Waals surface area contributed by atoms with E-state index in [4.69, 9.17) is 0 Å². The lowest BCUT2D eigenvalue weighted by molar-refractivity contribution is -0.124. The molecule has 0 unspecified atom stereocenters. The molecule has 0 aromatic carbocycles. The van der Waals surface area contributed by atoms with Gasteiger partial charge in [-0.15, -0.1) is 0 Å². The van der Waals surface area contributed by atoms with Gasteiger partial charge in [-0.2, -0.15) is 0 Å². The lowest BCUT2D eigenvalue weighted by Crippen LogP contribution is -2.54. The maximum absolute atomic E-state index is 2.47. The fourth-order valence-electron chi connectivity index (χ4n) is 3.41. The summed E-state index contributed by atoms with van der Waals surface area (Å²) in [6.07, 6.45) is 3.02. The van der Waals surface area contributed by atoms with Crippen molar-refractivity contribution in [1.82, 2.24) is 0 Å². The van der Waals surface area contributed by atoms with Crippen LogP contribution in [0.4, 0.5) is 0 Å². The maximum Gasteiger partial charge on any atom is -0.0295 e. The average molecular weight is 152 g/mol. The Kier molecular flexibility index (Phi) is 1.41. The molecule has 0 aromatic heterocycles. The van der Waals surface area contributed by atoms with Gasteiger partial charge in [-0.1, -0.05) is 27.7 Å². The molecule has 0 radical (unpaired) electrons. The first-order valence-corrected chi connectivity index (χ1v) is 5.03. The van der Waals surface area contributed by atoms with Gasteiger partial charge in [-0.25, -0.2) is 0 Å². The van der Waals surface area contributed by atoms with E-state index in [2.05, 4.69) is 27.7 Å². The Morgan fingerprint density at radius 2 is 1.73 bits per heavy atom. The van der Waals surface area contributed by atoms with Crippen molar-refractivity contribution in [3.8, 4) is 0 Å². The quantitative estimate of drug-likeness (QED) is 0.499. The van der Waals surface area contributed by atoms with Crippen LogP contribution in [-0.2, 0) is 0 Å². The van der Waals surface area contributed by atoms with E-state index in [-0.39, 0.29) is 0 Å². The lowest BCUT2D eigenvalue weighted by Gasteiger charge is -2.61. The van der Waals surface area contributed by atoms with E-state index in [1.165, 1.54) is 12.8 Å². The van der Waals surface area contributed by atoms with E-state index in [0.717, 1.165) is 23.7 Å². The number of hydrogen-bond donors (Lipinski definition) is 0. The second kappa shape index (κ2) is 2.02. The van der Waals surface area contributed by atoms with Gasteiger partial charge < -0.3 is 0 Å². The average Bonchev–Trinajstić information content (AvgIpc) is 1.93. The summed E-state index contributed by atoms with van der Waals surface area (Å²) in [5, 5.41) is 0. The smallest absolute Gasteiger partial charge is 0.0295 e. The zero-order chi connectivity index (χ0) is 8.22. The van der Waals surface area contributed by atoms with Crippen molar-refractivity contribution in [2.24, 2.45) is 29.1 Å². The highest BCUT2D eigenvalue weighted by atomic mass is 14.6. The summed E-state index contributed by atoms with van der Waals surface area (Å²) in [5.41, 5.74) is 0.686. The summed E-state index contributed by atoms with van der Waals surface area (Å²) in [6.45, 7) is 9.81. The van der Waals surface area contributed by atoms with Crippen LogP contribution in [0.5, 0.6) is 0 Å². The van der Waals surface area contributed by atoms with Crippen LogP contribution in [0, 0.1) is 29.1 Å². The Bertz CT molecular complexity index is 169. The Balaban J connectivity index is 2.17. The third-order valence-electron chi connectivity index (χ3n) is 4.73. The molecule has 3 aliphatic carbocycles. The largest absolute Gasteiger partial charge is 0.0622 e. The summed E-state index contributed by atoms with van der Waals surface area (Å²) in [6, 6.07) is 0. The van der Waals surface area contributed by atoms with Gasteiger partial charge in [0.15, 0.2) is 0 Å². The van der Waals surface area contributed by atoms with Crippen LogP contribution in [0.2, 0.25) is 0 Å². The van der Waals surface area contributed by atoms with Crippen LogP contribution < -0.4 is 0 Å². The van der Waals surface area contributed by atoms with Crippen molar-refractivity contribution >= 4 is 0 Å². The molecule has 3 aliphatic rings. The Labute approximate surface area is 70.4 Å². The molecule has 0 aromatic rings. The van der Waals surface area contributed by atoms with Gasteiger partial charge >= 0.3 is 0 Å². The summed E-state index contributed by atoms with van der Waals surface area (Å²) >= 11 is 0. The highest BCUT2D eigenvalue weighted by molar-refractivity contribution is 5.03. The van der Waals surface area contributed by atoms with Gasteiger partial charge in [0, 0.05) is 0 Å². The summed E-state index contributed by atoms with van der Waals surface area (Å²) < 4.78 is 0. The minimum Gasteiger partial charge on any atom is -0.0622 e. The molecular formula is C11H20. The number of fused-ring (bicyclic) bond motifs is 2. The molecular weight excluding hydrogens is 132 g/mol. The maximum atomic E-state index is 2.47. The van der Waals surface area contributed by atoms with Crippen LogP contribution in [0.15, 0.2) is 0 Å². The van der Waals surface area contributed by atoms with Crippen molar-refractivity contribution in [2.75, 3.05) is 0 Å². The first kappa shape index (κ1) is 7.64. The van der Waals surface area contributed by atoms with Crippen molar-refractivity contribution < 1.29 is 0 Å². The number of hydrogen-bond acceptors (Lipinski definition) is 0. The van der Waals surface area contributed by atoms with E-state index in [9.17, 15) is 0 Å². The molecule has 0 saturated heterocycles. The van der Waals surface area contributed by atoms with Gasteiger partial charge in [0.1, 0.15) is 0 Å². The number of rotatable bonds is 0. The van der Waals surface area contributed by atoms with Gasteiger partial charge in [-0.05, 0) is 41.9 Å².